The number of aromatic hydroxyl groups is 1. The fourth-order valence-electron chi connectivity index (χ4n) is 2.94. The predicted molar refractivity (Wildman–Crippen MR) is 99.2 cm³/mol. The van der Waals surface area contributed by atoms with Gasteiger partial charge in [0, 0.05) is 30.0 Å². The first kappa shape index (κ1) is 15.8. The zero-order valence-corrected chi connectivity index (χ0v) is 13.9. The Bertz CT molecular complexity index is 1150. The van der Waals surface area contributed by atoms with Crippen LogP contribution in [0.25, 0.3) is 33.3 Å². The van der Waals surface area contributed by atoms with Gasteiger partial charge in [-0.1, -0.05) is 0 Å². The SMILES string of the molecule is COc1cc2nc(-c3ccc[nH]c3=O)cc(-c3ccncc3)c2cc1O. The molecule has 0 amide bonds. The van der Waals surface area contributed by atoms with Crippen LogP contribution >= 0.6 is 0 Å². The number of phenolic OH excluding ortho intramolecular Hbond substituents is 1. The van der Waals surface area contributed by atoms with E-state index in [1.165, 1.54) is 7.11 Å². The van der Waals surface area contributed by atoms with E-state index >= 15 is 0 Å². The van der Waals surface area contributed by atoms with Crippen molar-refractivity contribution in [2.75, 3.05) is 7.11 Å². The summed E-state index contributed by atoms with van der Waals surface area (Å²) in [4.78, 5) is 23.5. The van der Waals surface area contributed by atoms with Crippen LogP contribution in [0.2, 0.25) is 0 Å². The lowest BCUT2D eigenvalue weighted by atomic mass is 9.99. The second-order valence-corrected chi connectivity index (χ2v) is 5.75. The molecule has 3 heterocycles. The number of benzene rings is 1. The molecule has 4 rings (SSSR count). The fraction of sp³-hybridized carbons (Fsp3) is 0.0500. The van der Waals surface area contributed by atoms with Crippen LogP contribution in [-0.4, -0.2) is 27.2 Å². The number of rotatable bonds is 3. The number of hydrogen-bond acceptors (Lipinski definition) is 5. The van der Waals surface area contributed by atoms with Crippen molar-refractivity contribution < 1.29 is 9.84 Å². The average molecular weight is 345 g/mol. The topological polar surface area (TPSA) is 88.1 Å². The maximum Gasteiger partial charge on any atom is 0.257 e. The quantitative estimate of drug-likeness (QED) is 0.594. The van der Waals surface area contributed by atoms with Gasteiger partial charge >= 0.3 is 0 Å². The van der Waals surface area contributed by atoms with E-state index < -0.39 is 0 Å². The van der Waals surface area contributed by atoms with Crippen molar-refractivity contribution in [3.63, 3.8) is 0 Å². The van der Waals surface area contributed by atoms with Crippen LogP contribution in [0.1, 0.15) is 0 Å². The molecule has 6 nitrogen and oxygen atoms in total. The second-order valence-electron chi connectivity index (χ2n) is 5.75. The second kappa shape index (κ2) is 6.33. The Kier molecular flexibility index (Phi) is 3.85. The summed E-state index contributed by atoms with van der Waals surface area (Å²) in [6, 6.07) is 12.3. The molecule has 0 aliphatic rings. The van der Waals surface area contributed by atoms with Crippen LogP contribution in [0.15, 0.2) is 65.8 Å². The summed E-state index contributed by atoms with van der Waals surface area (Å²) in [6.07, 6.45) is 4.97. The minimum absolute atomic E-state index is 0.0300. The van der Waals surface area contributed by atoms with Gasteiger partial charge < -0.3 is 14.8 Å². The Morgan fingerprint density at radius 2 is 1.88 bits per heavy atom. The average Bonchev–Trinajstić information content (AvgIpc) is 2.68. The van der Waals surface area contributed by atoms with Crippen molar-refractivity contribution in [2.24, 2.45) is 0 Å². The van der Waals surface area contributed by atoms with Gasteiger partial charge in [-0.2, -0.15) is 0 Å². The van der Waals surface area contributed by atoms with Crippen molar-refractivity contribution in [1.29, 1.82) is 0 Å². The Balaban J connectivity index is 2.08. The number of nitrogens with zero attached hydrogens (tertiary/aromatic N) is 2. The zero-order chi connectivity index (χ0) is 18.1. The van der Waals surface area contributed by atoms with Gasteiger partial charge in [0.25, 0.3) is 5.56 Å². The van der Waals surface area contributed by atoms with Crippen molar-refractivity contribution in [3.8, 4) is 33.9 Å². The Morgan fingerprint density at radius 1 is 1.08 bits per heavy atom. The molecule has 6 heteroatoms. The highest BCUT2D eigenvalue weighted by molar-refractivity contribution is 5.98. The first-order valence-corrected chi connectivity index (χ1v) is 7.97. The Hall–Kier alpha value is -3.67. The fourth-order valence-corrected chi connectivity index (χ4v) is 2.94. The number of ether oxygens (including phenoxy) is 1. The Labute approximate surface area is 148 Å². The lowest BCUT2D eigenvalue weighted by Crippen LogP contribution is -2.08. The van der Waals surface area contributed by atoms with E-state index in [4.69, 9.17) is 4.74 Å². The molecule has 0 aliphatic heterocycles. The lowest BCUT2D eigenvalue weighted by molar-refractivity contribution is 0.374. The summed E-state index contributed by atoms with van der Waals surface area (Å²) in [5.41, 5.74) is 3.16. The predicted octanol–water partition coefficient (Wildman–Crippen LogP) is 3.37. The van der Waals surface area contributed by atoms with Crippen molar-refractivity contribution in [2.45, 2.75) is 0 Å². The van der Waals surface area contributed by atoms with Crippen LogP contribution in [0.3, 0.4) is 0 Å². The highest BCUT2D eigenvalue weighted by Gasteiger charge is 2.14. The number of aromatic amines is 1. The molecule has 0 fully saturated rings. The van der Waals surface area contributed by atoms with Crippen LogP contribution in [0, 0.1) is 0 Å². The molecule has 3 aromatic heterocycles. The molecular weight excluding hydrogens is 330 g/mol. The largest absolute Gasteiger partial charge is 0.504 e. The minimum Gasteiger partial charge on any atom is -0.504 e. The number of fused-ring (bicyclic) bond motifs is 1. The first-order chi connectivity index (χ1) is 12.7. The molecule has 26 heavy (non-hydrogen) atoms. The number of methoxy groups -OCH3 is 1. The molecule has 0 radical (unpaired) electrons. The smallest absolute Gasteiger partial charge is 0.257 e. The first-order valence-electron chi connectivity index (χ1n) is 7.97. The maximum atomic E-state index is 12.2. The molecule has 0 aliphatic carbocycles. The molecule has 128 valence electrons. The molecule has 4 aromatic rings. The molecule has 1 aromatic carbocycles. The normalized spacial score (nSPS) is 10.8. The third-order valence-electron chi connectivity index (χ3n) is 4.19. The standard InChI is InChI=1S/C20H15N3O3/c1-26-19-11-17-15(10-18(19)24)14(12-4-7-21-8-5-12)9-16(23-17)13-3-2-6-22-20(13)25/h2-11,24H,1H3,(H,22,25). The van der Waals surface area contributed by atoms with E-state index in [2.05, 4.69) is 15.0 Å². The molecule has 0 spiro atoms. The summed E-state index contributed by atoms with van der Waals surface area (Å²) in [5, 5.41) is 10.9. The van der Waals surface area contributed by atoms with Crippen LogP contribution in [0.5, 0.6) is 11.5 Å². The summed E-state index contributed by atoms with van der Waals surface area (Å²) < 4.78 is 5.20. The monoisotopic (exact) mass is 345 g/mol. The van der Waals surface area contributed by atoms with Gasteiger partial charge in [-0.25, -0.2) is 4.98 Å². The van der Waals surface area contributed by atoms with E-state index in [1.54, 1.807) is 42.9 Å². The van der Waals surface area contributed by atoms with E-state index in [0.29, 0.717) is 22.5 Å². The third-order valence-corrected chi connectivity index (χ3v) is 4.19. The zero-order valence-electron chi connectivity index (χ0n) is 13.9. The number of aromatic nitrogens is 3. The molecule has 2 N–H and O–H groups in total. The van der Waals surface area contributed by atoms with Gasteiger partial charge in [-0.05, 0) is 47.5 Å². The summed E-state index contributed by atoms with van der Waals surface area (Å²) >= 11 is 0. The number of H-pyrrole nitrogens is 1. The number of pyridine rings is 3. The summed E-state index contributed by atoms with van der Waals surface area (Å²) in [6.45, 7) is 0. The molecule has 0 saturated carbocycles. The Morgan fingerprint density at radius 3 is 2.62 bits per heavy atom. The van der Waals surface area contributed by atoms with Gasteiger partial charge in [0.05, 0.1) is 23.9 Å². The maximum absolute atomic E-state index is 12.2. The van der Waals surface area contributed by atoms with Gasteiger partial charge in [0.1, 0.15) is 0 Å². The van der Waals surface area contributed by atoms with Crippen LogP contribution in [-0.2, 0) is 0 Å². The van der Waals surface area contributed by atoms with E-state index in [-0.39, 0.29) is 11.3 Å². The van der Waals surface area contributed by atoms with E-state index in [9.17, 15) is 9.90 Å². The highest BCUT2D eigenvalue weighted by Crippen LogP contribution is 2.37. The van der Waals surface area contributed by atoms with Crippen LogP contribution < -0.4 is 10.3 Å². The number of phenols is 1. The van der Waals surface area contributed by atoms with Gasteiger partial charge in [0.2, 0.25) is 0 Å². The third kappa shape index (κ3) is 2.67. The van der Waals surface area contributed by atoms with Crippen molar-refractivity contribution >= 4 is 10.9 Å². The van der Waals surface area contributed by atoms with Crippen molar-refractivity contribution in [3.05, 3.63) is 71.4 Å². The van der Waals surface area contributed by atoms with Gasteiger partial charge in [-0.15, -0.1) is 0 Å². The van der Waals surface area contributed by atoms with Crippen LogP contribution in [0.4, 0.5) is 0 Å². The molecule has 0 unspecified atom stereocenters. The summed E-state index contributed by atoms with van der Waals surface area (Å²) in [5.74, 6) is 0.354. The molecule has 0 atom stereocenters. The molecule has 0 saturated heterocycles. The molecular formula is C20H15N3O3. The van der Waals surface area contributed by atoms with E-state index in [1.807, 2.05) is 18.2 Å². The lowest BCUT2D eigenvalue weighted by Gasteiger charge is -2.12. The van der Waals surface area contributed by atoms with Crippen molar-refractivity contribution in [1.82, 2.24) is 15.0 Å². The van der Waals surface area contributed by atoms with Gasteiger partial charge in [-0.3, -0.25) is 9.78 Å². The highest BCUT2D eigenvalue weighted by atomic mass is 16.5. The van der Waals surface area contributed by atoms with Gasteiger partial charge in [0.15, 0.2) is 11.5 Å². The van der Waals surface area contributed by atoms with E-state index in [0.717, 1.165) is 16.5 Å². The minimum atomic E-state index is -0.217. The number of hydrogen-bond donors (Lipinski definition) is 2. The number of nitrogens with one attached hydrogen (secondary N) is 1. The molecule has 0 bridgehead atoms. The summed E-state index contributed by atoms with van der Waals surface area (Å²) in [7, 11) is 1.48.